The summed E-state index contributed by atoms with van der Waals surface area (Å²) < 4.78 is 57.8. The van der Waals surface area contributed by atoms with Crippen LogP contribution in [0.4, 0.5) is 0 Å². The van der Waals surface area contributed by atoms with Gasteiger partial charge in [0.05, 0.1) is 44.7 Å². The molecular formula is C33H57NO23. The molecular weight excluding hydrogens is 778 g/mol. The van der Waals surface area contributed by atoms with Gasteiger partial charge in [0.25, 0.3) is 0 Å². The smallest absolute Gasteiger partial charge is 0.187 e. The van der Waals surface area contributed by atoms with Gasteiger partial charge in [-0.05, 0) is 13.8 Å². The van der Waals surface area contributed by atoms with Crippen molar-refractivity contribution in [2.24, 2.45) is 5.73 Å². The third-order valence-corrected chi connectivity index (χ3v) is 10.7. The molecule has 5 saturated heterocycles. The van der Waals surface area contributed by atoms with E-state index in [9.17, 15) is 66.4 Å². The first kappa shape index (κ1) is 46.8. The minimum atomic E-state index is -1.97. The summed E-state index contributed by atoms with van der Waals surface area (Å²) in [4.78, 5) is 0. The van der Waals surface area contributed by atoms with Gasteiger partial charge in [-0.3, -0.25) is 0 Å². The van der Waals surface area contributed by atoms with Crippen molar-refractivity contribution < 1.29 is 114 Å². The molecule has 0 radical (unpaired) electrons. The Balaban J connectivity index is 1.48. The van der Waals surface area contributed by atoms with Crippen LogP contribution in [0.1, 0.15) is 13.8 Å². The molecule has 0 aromatic carbocycles. The summed E-state index contributed by atoms with van der Waals surface area (Å²) in [6, 6.07) is -1.62. The van der Waals surface area contributed by atoms with Crippen molar-refractivity contribution >= 4 is 0 Å². The van der Waals surface area contributed by atoms with Gasteiger partial charge in [0, 0.05) is 0 Å². The van der Waals surface area contributed by atoms with Crippen LogP contribution in [0.2, 0.25) is 0 Å². The first-order chi connectivity index (χ1) is 27.0. The minimum Gasteiger partial charge on any atom is -0.394 e. The van der Waals surface area contributed by atoms with E-state index in [2.05, 4.69) is 6.58 Å². The van der Waals surface area contributed by atoms with E-state index in [1.54, 1.807) is 0 Å². The maximum atomic E-state index is 11.2. The molecule has 332 valence electrons. The van der Waals surface area contributed by atoms with E-state index in [1.807, 2.05) is 0 Å². The SMILES string of the molecule is C=CCOC1OC(CO)[C@H](O)[C@H](OC2OC(CO)[C@H](O[C@@H]3OC(CO)[C@H](O)[C@H](O)C3O[C@@H]3OC(C)[C@H](O)[C@@H](O)C3O)[C@H](O[C@H]3OC(C)[C@@H](O)C(O)[C@@H]3O)C2N)C1O. The van der Waals surface area contributed by atoms with Gasteiger partial charge in [0.2, 0.25) is 0 Å². The van der Waals surface area contributed by atoms with Crippen LogP contribution in [-0.4, -0.2) is 246 Å². The summed E-state index contributed by atoms with van der Waals surface area (Å²) in [6.45, 7) is 3.57. The average Bonchev–Trinajstić information content (AvgIpc) is 3.19. The standard InChI is InChI=1S/C33H57NO23/c1-4-5-48-30-24(47)27(18(41)12(7-36)51-30)56-29-14(34)26(55-31-22(45)19(42)15(38)9(2)49-31)25(13(8-37)53-29)54-33-28(21(44)17(40)11(6-35)52-33)57-32-23(46)20(43)16(39)10(3)50-32/h4,9-33,35-47H,1,5-8,34H2,2-3H3/t9?,10?,11?,12?,13?,14?,15-,16+,17+,18+,19?,20-,21+,22+,23?,24?,25+,26-,27+,28?,29?,30?,31-,32+,33+/m1/s1. The van der Waals surface area contributed by atoms with Crippen molar-refractivity contribution in [1.29, 1.82) is 0 Å². The van der Waals surface area contributed by atoms with Gasteiger partial charge < -0.3 is 119 Å². The molecule has 25 atom stereocenters. The molecule has 0 bridgehead atoms. The zero-order valence-corrected chi connectivity index (χ0v) is 31.0. The first-order valence-electron chi connectivity index (χ1n) is 18.5. The Morgan fingerprint density at radius 1 is 0.456 bits per heavy atom. The molecule has 57 heavy (non-hydrogen) atoms. The van der Waals surface area contributed by atoms with Crippen molar-refractivity contribution in [2.45, 2.75) is 167 Å². The van der Waals surface area contributed by atoms with Crippen LogP contribution in [0.25, 0.3) is 0 Å². The first-order valence-corrected chi connectivity index (χ1v) is 18.5. The Labute approximate surface area is 325 Å². The fourth-order valence-electron chi connectivity index (χ4n) is 7.23. The van der Waals surface area contributed by atoms with Gasteiger partial charge in [0.15, 0.2) is 31.5 Å². The highest BCUT2D eigenvalue weighted by atomic mass is 16.8. The Morgan fingerprint density at radius 2 is 0.912 bits per heavy atom. The van der Waals surface area contributed by atoms with Gasteiger partial charge in [-0.25, -0.2) is 0 Å². The van der Waals surface area contributed by atoms with Crippen LogP contribution in [-0.2, 0) is 47.4 Å². The zero-order chi connectivity index (χ0) is 42.0. The quantitative estimate of drug-likeness (QED) is 0.0722. The number of hydrogen-bond donors (Lipinski definition) is 14. The minimum absolute atomic E-state index is 0.115. The fourth-order valence-corrected chi connectivity index (χ4v) is 7.23. The Bertz CT molecular complexity index is 1260. The van der Waals surface area contributed by atoms with E-state index in [1.165, 1.54) is 19.9 Å². The number of hydrogen-bond acceptors (Lipinski definition) is 24. The lowest BCUT2D eigenvalue weighted by Gasteiger charge is -2.51. The summed E-state index contributed by atoms with van der Waals surface area (Å²) in [6.07, 6.45) is -38.6. The molecule has 5 aliphatic heterocycles. The summed E-state index contributed by atoms with van der Waals surface area (Å²) >= 11 is 0. The van der Waals surface area contributed by atoms with Gasteiger partial charge in [-0.15, -0.1) is 6.58 Å². The molecule has 24 nitrogen and oxygen atoms in total. The highest BCUT2D eigenvalue weighted by Crippen LogP contribution is 2.36. The van der Waals surface area contributed by atoms with Crippen LogP contribution >= 0.6 is 0 Å². The highest BCUT2D eigenvalue weighted by molar-refractivity contribution is 5.00. The van der Waals surface area contributed by atoms with E-state index in [4.69, 9.17) is 53.1 Å². The molecule has 0 spiro atoms. The lowest BCUT2D eigenvalue weighted by molar-refractivity contribution is -0.397. The second-order valence-electron chi connectivity index (χ2n) is 14.6. The molecule has 5 heterocycles. The van der Waals surface area contributed by atoms with Crippen LogP contribution < -0.4 is 5.73 Å². The van der Waals surface area contributed by atoms with Crippen LogP contribution in [0, 0.1) is 0 Å². The second-order valence-corrected chi connectivity index (χ2v) is 14.6. The maximum Gasteiger partial charge on any atom is 0.187 e. The summed E-state index contributed by atoms with van der Waals surface area (Å²) in [7, 11) is 0. The van der Waals surface area contributed by atoms with E-state index < -0.39 is 173 Å². The average molecular weight is 836 g/mol. The third-order valence-electron chi connectivity index (χ3n) is 10.7. The van der Waals surface area contributed by atoms with Crippen LogP contribution in [0.15, 0.2) is 12.7 Å². The third kappa shape index (κ3) is 9.80. The number of aliphatic hydroxyl groups is 13. The fraction of sp³-hybridized carbons (Fsp3) is 0.939. The van der Waals surface area contributed by atoms with E-state index in [0.29, 0.717) is 0 Å². The number of aliphatic hydroxyl groups excluding tert-OH is 13. The molecule has 0 amide bonds. The Morgan fingerprint density at radius 3 is 1.44 bits per heavy atom. The monoisotopic (exact) mass is 835 g/mol. The normalized spacial score (nSPS) is 52.4. The van der Waals surface area contributed by atoms with Gasteiger partial charge in [-0.1, -0.05) is 6.08 Å². The summed E-state index contributed by atoms with van der Waals surface area (Å²) in [5.41, 5.74) is 6.65. The molecule has 0 aromatic rings. The van der Waals surface area contributed by atoms with Crippen molar-refractivity contribution in [3.05, 3.63) is 12.7 Å². The summed E-state index contributed by atoms with van der Waals surface area (Å²) in [5.74, 6) is 0. The van der Waals surface area contributed by atoms with Gasteiger partial charge in [-0.2, -0.15) is 0 Å². The van der Waals surface area contributed by atoms with Crippen molar-refractivity contribution in [2.75, 3.05) is 26.4 Å². The molecule has 5 rings (SSSR count). The van der Waals surface area contributed by atoms with E-state index in [-0.39, 0.29) is 6.61 Å². The molecule has 5 fully saturated rings. The lowest BCUT2D eigenvalue weighted by Crippen LogP contribution is -2.70. The molecule has 12 unspecified atom stereocenters. The van der Waals surface area contributed by atoms with Gasteiger partial charge >= 0.3 is 0 Å². The molecule has 0 aliphatic carbocycles. The molecule has 0 saturated carbocycles. The summed E-state index contributed by atoms with van der Waals surface area (Å²) in [5, 5.41) is 138. The molecule has 0 aromatic heterocycles. The van der Waals surface area contributed by atoms with Crippen LogP contribution in [0.3, 0.4) is 0 Å². The van der Waals surface area contributed by atoms with E-state index >= 15 is 0 Å². The number of nitrogens with two attached hydrogens (primary N) is 1. The predicted molar refractivity (Wildman–Crippen MR) is 180 cm³/mol. The van der Waals surface area contributed by atoms with Crippen molar-refractivity contribution in [1.82, 2.24) is 0 Å². The van der Waals surface area contributed by atoms with Crippen molar-refractivity contribution in [3.8, 4) is 0 Å². The predicted octanol–water partition coefficient (Wildman–Crippen LogP) is -8.69. The van der Waals surface area contributed by atoms with E-state index in [0.717, 1.165) is 0 Å². The largest absolute Gasteiger partial charge is 0.394 e. The Hall–Kier alpha value is -1.22. The molecule has 15 N–H and O–H groups in total. The maximum absolute atomic E-state index is 11.2. The Kier molecular flexibility index (Phi) is 16.5. The highest BCUT2D eigenvalue weighted by Gasteiger charge is 2.57. The van der Waals surface area contributed by atoms with Gasteiger partial charge in [0.1, 0.15) is 104 Å². The zero-order valence-electron chi connectivity index (χ0n) is 31.0. The number of rotatable bonds is 14. The molecule has 5 aliphatic rings. The second kappa shape index (κ2) is 20.1. The van der Waals surface area contributed by atoms with Crippen molar-refractivity contribution in [3.63, 3.8) is 0 Å². The molecule has 24 heteroatoms. The number of ether oxygens (including phenoxy) is 10. The lowest BCUT2D eigenvalue weighted by atomic mass is 9.94. The van der Waals surface area contributed by atoms with Crippen LogP contribution in [0.5, 0.6) is 0 Å². The topological polar surface area (TPSA) is 381 Å².